The molecule has 0 radical (unpaired) electrons. The normalized spacial score (nSPS) is 14.5. The van der Waals surface area contributed by atoms with Crippen molar-refractivity contribution in [3.63, 3.8) is 0 Å². The molecule has 33 heavy (non-hydrogen) atoms. The molecule has 1 aliphatic rings. The molecule has 1 amide bonds. The smallest absolute Gasteiger partial charge is 0.246 e. The van der Waals surface area contributed by atoms with Crippen molar-refractivity contribution in [1.82, 2.24) is 29.3 Å². The minimum absolute atomic E-state index is 0.00484. The maximum absolute atomic E-state index is 11.8. The zero-order valence-corrected chi connectivity index (χ0v) is 18.3. The molecule has 0 unspecified atom stereocenters. The lowest BCUT2D eigenvalue weighted by molar-refractivity contribution is -0.127. The molecule has 0 bridgehead atoms. The van der Waals surface area contributed by atoms with Crippen LogP contribution in [0.3, 0.4) is 0 Å². The highest BCUT2D eigenvalue weighted by molar-refractivity contribution is 5.87. The number of hydrogen-bond donors (Lipinski definition) is 1. The maximum atomic E-state index is 11.8. The minimum Gasteiger partial charge on any atom is -0.383 e. The van der Waals surface area contributed by atoms with E-state index in [0.717, 1.165) is 55.1 Å². The average Bonchev–Trinajstić information content (AvgIpc) is 3.24. The van der Waals surface area contributed by atoms with Crippen molar-refractivity contribution >= 4 is 22.9 Å². The summed E-state index contributed by atoms with van der Waals surface area (Å²) in [5.41, 5.74) is 10.7. The van der Waals surface area contributed by atoms with E-state index in [9.17, 15) is 4.79 Å². The number of pyridine rings is 2. The van der Waals surface area contributed by atoms with Gasteiger partial charge in [0.15, 0.2) is 11.5 Å². The molecule has 1 aromatic carbocycles. The number of hydrogen-bond acceptors (Lipinski definition) is 6. The first-order valence-corrected chi connectivity index (χ1v) is 10.9. The number of nitrogens with zero attached hydrogens (tertiary/aromatic N) is 6. The summed E-state index contributed by atoms with van der Waals surface area (Å²) in [4.78, 5) is 29.6. The molecule has 5 rings (SSSR count). The molecular formula is C25H25N7O. The summed E-state index contributed by atoms with van der Waals surface area (Å²) in [7, 11) is 0. The number of nitrogen functional groups attached to an aromatic ring is 1. The van der Waals surface area contributed by atoms with Gasteiger partial charge in [-0.05, 0) is 48.0 Å². The standard InChI is InChI=1S/C25H25N7O/c1-2-22(33)31-15-13-30(14-16-31)17-18-7-9-19(10-8-18)32-24(20-5-3-11-27-23(20)26)29-21-6-4-12-28-25(21)32/h2-12H,1,13-17H2,(H2,26,27). The SMILES string of the molecule is C=CC(=O)N1CCN(Cc2ccc(-n3c(-c4cccnc4N)nc4cccnc43)cc2)CC1. The summed E-state index contributed by atoms with van der Waals surface area (Å²) < 4.78 is 2.02. The Hall–Kier alpha value is -4.04. The van der Waals surface area contributed by atoms with Crippen molar-refractivity contribution in [2.24, 2.45) is 0 Å². The van der Waals surface area contributed by atoms with Gasteiger partial charge in [-0.1, -0.05) is 18.7 Å². The van der Waals surface area contributed by atoms with Gasteiger partial charge in [0, 0.05) is 50.8 Å². The number of aromatic nitrogens is 4. The van der Waals surface area contributed by atoms with E-state index >= 15 is 0 Å². The fourth-order valence-electron chi connectivity index (χ4n) is 4.21. The van der Waals surface area contributed by atoms with Gasteiger partial charge in [0.2, 0.25) is 5.91 Å². The largest absolute Gasteiger partial charge is 0.383 e. The van der Waals surface area contributed by atoms with Crippen LogP contribution in [0, 0.1) is 0 Å². The first-order valence-electron chi connectivity index (χ1n) is 10.9. The molecule has 1 saturated heterocycles. The third-order valence-electron chi connectivity index (χ3n) is 5.95. The van der Waals surface area contributed by atoms with Crippen LogP contribution in [0.5, 0.6) is 0 Å². The number of fused-ring (bicyclic) bond motifs is 1. The van der Waals surface area contributed by atoms with E-state index in [1.807, 2.05) is 33.7 Å². The van der Waals surface area contributed by atoms with Crippen LogP contribution in [0.4, 0.5) is 5.82 Å². The second kappa shape index (κ2) is 8.84. The van der Waals surface area contributed by atoms with Gasteiger partial charge in [0.05, 0.1) is 5.56 Å². The highest BCUT2D eigenvalue weighted by Gasteiger charge is 2.20. The first kappa shape index (κ1) is 20.8. The second-order valence-electron chi connectivity index (χ2n) is 8.03. The number of imidazole rings is 1. The van der Waals surface area contributed by atoms with Gasteiger partial charge in [-0.3, -0.25) is 14.3 Å². The fraction of sp³-hybridized carbons (Fsp3) is 0.200. The van der Waals surface area contributed by atoms with Crippen molar-refractivity contribution in [2.45, 2.75) is 6.54 Å². The molecule has 1 aliphatic heterocycles. The zero-order valence-electron chi connectivity index (χ0n) is 18.3. The van der Waals surface area contributed by atoms with Crippen LogP contribution in [0.25, 0.3) is 28.2 Å². The Morgan fingerprint density at radius 1 is 1.00 bits per heavy atom. The molecule has 0 spiro atoms. The lowest BCUT2D eigenvalue weighted by Gasteiger charge is -2.34. The number of piperazine rings is 1. The van der Waals surface area contributed by atoms with E-state index in [1.54, 1.807) is 12.4 Å². The van der Waals surface area contributed by atoms with Gasteiger partial charge in [-0.2, -0.15) is 0 Å². The lowest BCUT2D eigenvalue weighted by Crippen LogP contribution is -2.47. The molecule has 166 valence electrons. The molecule has 8 heteroatoms. The Bertz CT molecular complexity index is 1300. The highest BCUT2D eigenvalue weighted by atomic mass is 16.2. The maximum Gasteiger partial charge on any atom is 0.246 e. The van der Waals surface area contributed by atoms with E-state index < -0.39 is 0 Å². The summed E-state index contributed by atoms with van der Waals surface area (Å²) in [6.07, 6.45) is 4.82. The van der Waals surface area contributed by atoms with Crippen molar-refractivity contribution < 1.29 is 4.79 Å². The zero-order chi connectivity index (χ0) is 22.8. The van der Waals surface area contributed by atoms with Crippen LogP contribution < -0.4 is 5.73 Å². The summed E-state index contributed by atoms with van der Waals surface area (Å²) in [5.74, 6) is 1.15. The number of benzene rings is 1. The predicted molar refractivity (Wildman–Crippen MR) is 129 cm³/mol. The van der Waals surface area contributed by atoms with E-state index in [1.165, 1.54) is 11.6 Å². The minimum atomic E-state index is 0.00484. The molecule has 4 heterocycles. The molecule has 0 aliphatic carbocycles. The molecule has 0 saturated carbocycles. The van der Waals surface area contributed by atoms with Gasteiger partial charge >= 0.3 is 0 Å². The molecule has 2 N–H and O–H groups in total. The van der Waals surface area contributed by atoms with Crippen LogP contribution >= 0.6 is 0 Å². The number of amides is 1. The third-order valence-corrected chi connectivity index (χ3v) is 5.95. The number of anilines is 1. The van der Waals surface area contributed by atoms with Gasteiger partial charge in [0.1, 0.15) is 11.3 Å². The predicted octanol–water partition coefficient (Wildman–Crippen LogP) is 2.89. The van der Waals surface area contributed by atoms with Crippen molar-refractivity contribution in [3.05, 3.63) is 79.1 Å². The van der Waals surface area contributed by atoms with Gasteiger partial charge in [0.25, 0.3) is 0 Å². The van der Waals surface area contributed by atoms with Crippen molar-refractivity contribution in [3.8, 4) is 17.1 Å². The van der Waals surface area contributed by atoms with Gasteiger partial charge < -0.3 is 10.6 Å². The molecule has 8 nitrogen and oxygen atoms in total. The number of rotatable bonds is 5. The van der Waals surface area contributed by atoms with E-state index in [0.29, 0.717) is 11.6 Å². The summed E-state index contributed by atoms with van der Waals surface area (Å²) in [6, 6.07) is 16.0. The topological polar surface area (TPSA) is 93.2 Å². The summed E-state index contributed by atoms with van der Waals surface area (Å²) in [6.45, 7) is 7.56. The van der Waals surface area contributed by atoms with Crippen LogP contribution in [-0.2, 0) is 11.3 Å². The van der Waals surface area contributed by atoms with Crippen molar-refractivity contribution in [1.29, 1.82) is 0 Å². The third kappa shape index (κ3) is 4.08. The fourth-order valence-corrected chi connectivity index (χ4v) is 4.21. The van der Waals surface area contributed by atoms with Crippen molar-refractivity contribution in [2.75, 3.05) is 31.9 Å². The van der Waals surface area contributed by atoms with E-state index in [4.69, 9.17) is 10.7 Å². The first-order chi connectivity index (χ1) is 16.1. The Morgan fingerprint density at radius 2 is 1.73 bits per heavy atom. The number of nitrogens with two attached hydrogens (primary N) is 1. The average molecular weight is 440 g/mol. The molecule has 4 aromatic rings. The van der Waals surface area contributed by atoms with Crippen LogP contribution in [0.15, 0.2) is 73.6 Å². The second-order valence-corrected chi connectivity index (χ2v) is 8.03. The molecule has 0 atom stereocenters. The van der Waals surface area contributed by atoms with Crippen LogP contribution in [0.1, 0.15) is 5.56 Å². The Balaban J connectivity index is 1.41. The monoisotopic (exact) mass is 439 g/mol. The number of carbonyl (C=O) groups is 1. The Morgan fingerprint density at radius 3 is 2.45 bits per heavy atom. The van der Waals surface area contributed by atoms with Crippen LogP contribution in [0.2, 0.25) is 0 Å². The molecule has 3 aromatic heterocycles. The molecule has 1 fully saturated rings. The lowest BCUT2D eigenvalue weighted by atomic mass is 10.1. The highest BCUT2D eigenvalue weighted by Crippen LogP contribution is 2.30. The Kier molecular flexibility index (Phi) is 5.58. The summed E-state index contributed by atoms with van der Waals surface area (Å²) >= 11 is 0. The van der Waals surface area contributed by atoms with Gasteiger partial charge in [-0.25, -0.2) is 15.0 Å². The summed E-state index contributed by atoms with van der Waals surface area (Å²) in [5, 5.41) is 0. The number of carbonyl (C=O) groups excluding carboxylic acids is 1. The molecular weight excluding hydrogens is 414 g/mol. The van der Waals surface area contributed by atoms with Gasteiger partial charge in [-0.15, -0.1) is 0 Å². The van der Waals surface area contributed by atoms with E-state index in [2.05, 4.69) is 45.7 Å². The van der Waals surface area contributed by atoms with Crippen LogP contribution in [-0.4, -0.2) is 61.4 Å². The Labute approximate surface area is 192 Å². The quantitative estimate of drug-likeness (QED) is 0.481. The van der Waals surface area contributed by atoms with E-state index in [-0.39, 0.29) is 5.91 Å².